The van der Waals surface area contributed by atoms with Gasteiger partial charge in [0, 0.05) is 11.6 Å². The van der Waals surface area contributed by atoms with Crippen molar-refractivity contribution in [1.29, 1.82) is 0 Å². The van der Waals surface area contributed by atoms with Gasteiger partial charge in [0.05, 0.1) is 10.0 Å². The molecule has 78 valence electrons. The third-order valence-electron chi connectivity index (χ3n) is 1.74. The summed E-state index contributed by atoms with van der Waals surface area (Å²) in [7, 11) is 0. The fourth-order valence-electron chi connectivity index (χ4n) is 1.04. The SMILES string of the molecule is C[C@@H](O)C(I)c1cc(F)cc(F)c1F. The van der Waals surface area contributed by atoms with E-state index in [2.05, 4.69) is 0 Å². The van der Waals surface area contributed by atoms with Crippen LogP contribution in [-0.2, 0) is 0 Å². The number of alkyl halides is 1. The van der Waals surface area contributed by atoms with E-state index in [0.717, 1.165) is 6.07 Å². The Morgan fingerprint density at radius 3 is 2.36 bits per heavy atom. The molecule has 0 aliphatic carbocycles. The maximum atomic E-state index is 13.1. The molecule has 0 radical (unpaired) electrons. The molecule has 14 heavy (non-hydrogen) atoms. The van der Waals surface area contributed by atoms with Crippen LogP contribution in [0.3, 0.4) is 0 Å². The Morgan fingerprint density at radius 1 is 1.29 bits per heavy atom. The van der Waals surface area contributed by atoms with E-state index in [0.29, 0.717) is 6.07 Å². The first kappa shape index (κ1) is 11.8. The van der Waals surface area contributed by atoms with Gasteiger partial charge in [-0.2, -0.15) is 0 Å². The Hall–Kier alpha value is -0.300. The van der Waals surface area contributed by atoms with Crippen molar-refractivity contribution >= 4 is 22.6 Å². The predicted molar refractivity (Wildman–Crippen MR) is 54.8 cm³/mol. The molecular formula is C9H8F3IO. The van der Waals surface area contributed by atoms with Crippen LogP contribution in [0.15, 0.2) is 12.1 Å². The first-order chi connectivity index (χ1) is 6.43. The lowest BCUT2D eigenvalue weighted by Gasteiger charge is -2.14. The van der Waals surface area contributed by atoms with Crippen LogP contribution in [0.2, 0.25) is 0 Å². The molecule has 1 unspecified atom stereocenters. The zero-order valence-corrected chi connectivity index (χ0v) is 9.43. The van der Waals surface area contributed by atoms with Crippen LogP contribution in [0, 0.1) is 17.5 Å². The Balaban J connectivity index is 3.20. The van der Waals surface area contributed by atoms with E-state index in [1.54, 1.807) is 22.6 Å². The molecular weight excluding hydrogens is 308 g/mol. The van der Waals surface area contributed by atoms with Crippen molar-refractivity contribution in [2.45, 2.75) is 17.0 Å². The highest BCUT2D eigenvalue weighted by Crippen LogP contribution is 2.30. The highest BCUT2D eigenvalue weighted by Gasteiger charge is 2.21. The van der Waals surface area contributed by atoms with Crippen LogP contribution in [0.25, 0.3) is 0 Å². The van der Waals surface area contributed by atoms with E-state index in [9.17, 15) is 13.2 Å². The Labute approximate surface area is 93.1 Å². The summed E-state index contributed by atoms with van der Waals surface area (Å²) in [5.41, 5.74) is -0.155. The quantitative estimate of drug-likeness (QED) is 0.505. The summed E-state index contributed by atoms with van der Waals surface area (Å²) >= 11 is 1.73. The van der Waals surface area contributed by atoms with Crippen LogP contribution in [-0.4, -0.2) is 11.2 Å². The third kappa shape index (κ3) is 2.38. The maximum Gasteiger partial charge on any atom is 0.163 e. The maximum absolute atomic E-state index is 13.1. The van der Waals surface area contributed by atoms with Crippen molar-refractivity contribution in [2.24, 2.45) is 0 Å². The van der Waals surface area contributed by atoms with Gasteiger partial charge in [-0.15, -0.1) is 0 Å². The molecule has 0 aliphatic rings. The first-order valence-corrected chi connectivity index (χ1v) is 5.14. The molecule has 0 aromatic heterocycles. The second-order valence-electron chi connectivity index (χ2n) is 2.93. The fraction of sp³-hybridized carbons (Fsp3) is 0.333. The highest BCUT2D eigenvalue weighted by molar-refractivity contribution is 14.1. The average Bonchev–Trinajstić information content (AvgIpc) is 2.09. The lowest BCUT2D eigenvalue weighted by molar-refractivity contribution is 0.195. The van der Waals surface area contributed by atoms with E-state index in [4.69, 9.17) is 5.11 Å². The van der Waals surface area contributed by atoms with E-state index < -0.39 is 27.5 Å². The molecule has 1 N–H and O–H groups in total. The van der Waals surface area contributed by atoms with Gasteiger partial charge in [-0.25, -0.2) is 13.2 Å². The first-order valence-electron chi connectivity index (χ1n) is 3.90. The molecule has 0 aliphatic heterocycles. The molecule has 1 aromatic rings. The average molecular weight is 316 g/mol. The van der Waals surface area contributed by atoms with Crippen molar-refractivity contribution in [3.8, 4) is 0 Å². The minimum absolute atomic E-state index is 0.155. The van der Waals surface area contributed by atoms with E-state index in [1.165, 1.54) is 6.92 Å². The smallest absolute Gasteiger partial charge is 0.163 e. The molecule has 1 rings (SSSR count). The zero-order valence-electron chi connectivity index (χ0n) is 7.27. The number of aliphatic hydroxyl groups excluding tert-OH is 1. The molecule has 2 atom stereocenters. The minimum atomic E-state index is -1.23. The zero-order chi connectivity index (χ0) is 10.9. The summed E-state index contributed by atoms with van der Waals surface area (Å²) in [5, 5.41) is 9.16. The normalized spacial score (nSPS) is 15.3. The summed E-state index contributed by atoms with van der Waals surface area (Å²) in [6.45, 7) is 1.43. The van der Waals surface area contributed by atoms with Gasteiger partial charge in [0.1, 0.15) is 5.82 Å². The van der Waals surface area contributed by atoms with Crippen molar-refractivity contribution in [2.75, 3.05) is 0 Å². The van der Waals surface area contributed by atoms with Gasteiger partial charge in [-0.3, -0.25) is 0 Å². The number of benzene rings is 1. The molecule has 0 bridgehead atoms. The highest BCUT2D eigenvalue weighted by atomic mass is 127. The van der Waals surface area contributed by atoms with Gasteiger partial charge in [0.25, 0.3) is 0 Å². The van der Waals surface area contributed by atoms with Gasteiger partial charge >= 0.3 is 0 Å². The largest absolute Gasteiger partial charge is 0.392 e. The van der Waals surface area contributed by atoms with E-state index >= 15 is 0 Å². The van der Waals surface area contributed by atoms with Crippen LogP contribution >= 0.6 is 22.6 Å². The minimum Gasteiger partial charge on any atom is -0.392 e. The molecule has 5 heteroatoms. The standard InChI is InChI=1S/C9H8F3IO/c1-4(14)9(13)6-2-5(10)3-7(11)8(6)12/h2-4,9,14H,1H3/t4-,9?/m1/s1. The summed E-state index contributed by atoms with van der Waals surface area (Å²) in [4.78, 5) is 0. The lowest BCUT2D eigenvalue weighted by atomic mass is 10.1. The molecule has 0 heterocycles. The Morgan fingerprint density at radius 2 is 1.86 bits per heavy atom. The van der Waals surface area contributed by atoms with Gasteiger partial charge in [-0.05, 0) is 13.0 Å². The lowest BCUT2D eigenvalue weighted by Crippen LogP contribution is -2.11. The van der Waals surface area contributed by atoms with E-state index in [1.807, 2.05) is 0 Å². The van der Waals surface area contributed by atoms with Crippen LogP contribution in [0.5, 0.6) is 0 Å². The molecule has 0 fully saturated rings. The molecule has 0 spiro atoms. The second kappa shape index (κ2) is 4.48. The van der Waals surface area contributed by atoms with Crippen molar-refractivity contribution in [1.82, 2.24) is 0 Å². The Kier molecular flexibility index (Phi) is 3.77. The van der Waals surface area contributed by atoms with Crippen LogP contribution in [0.1, 0.15) is 16.4 Å². The number of halogens is 4. The van der Waals surface area contributed by atoms with Crippen molar-refractivity contribution < 1.29 is 18.3 Å². The summed E-state index contributed by atoms with van der Waals surface area (Å²) in [6.07, 6.45) is -0.869. The van der Waals surface area contributed by atoms with E-state index in [-0.39, 0.29) is 5.56 Å². The predicted octanol–water partition coefficient (Wildman–Crippen LogP) is 2.96. The van der Waals surface area contributed by atoms with Gasteiger partial charge in [-0.1, -0.05) is 22.6 Å². The Bertz CT molecular complexity index is 341. The number of hydrogen-bond donors (Lipinski definition) is 1. The molecule has 0 saturated carbocycles. The summed E-state index contributed by atoms with van der Waals surface area (Å²) < 4.78 is 38.0. The molecule has 0 amide bonds. The summed E-state index contributed by atoms with van der Waals surface area (Å²) in [6, 6.07) is 1.37. The summed E-state index contributed by atoms with van der Waals surface area (Å²) in [5.74, 6) is -3.18. The van der Waals surface area contributed by atoms with Crippen molar-refractivity contribution in [3.05, 3.63) is 35.1 Å². The topological polar surface area (TPSA) is 20.2 Å². The van der Waals surface area contributed by atoms with Crippen molar-refractivity contribution in [3.63, 3.8) is 0 Å². The number of aliphatic hydroxyl groups is 1. The molecule has 0 saturated heterocycles. The third-order valence-corrected chi connectivity index (χ3v) is 3.45. The number of rotatable bonds is 2. The van der Waals surface area contributed by atoms with Crippen LogP contribution < -0.4 is 0 Å². The van der Waals surface area contributed by atoms with Gasteiger partial charge in [0.2, 0.25) is 0 Å². The van der Waals surface area contributed by atoms with Crippen LogP contribution in [0.4, 0.5) is 13.2 Å². The fourth-order valence-corrected chi connectivity index (χ4v) is 1.49. The number of hydrogen-bond acceptors (Lipinski definition) is 1. The van der Waals surface area contributed by atoms with Gasteiger partial charge < -0.3 is 5.11 Å². The molecule has 1 nitrogen and oxygen atoms in total. The second-order valence-corrected chi connectivity index (χ2v) is 4.28. The van der Waals surface area contributed by atoms with Gasteiger partial charge in [0.15, 0.2) is 11.6 Å². The monoisotopic (exact) mass is 316 g/mol. The molecule has 1 aromatic carbocycles.